The Morgan fingerprint density at radius 2 is 2.00 bits per heavy atom. The first kappa shape index (κ1) is 19.7. The van der Waals surface area contributed by atoms with E-state index in [-0.39, 0.29) is 11.3 Å². The standard InChI is InChI=1S/C21H20BrN3O3/c1-13-9-15(14(2)25(13)17-6-4-5-16(22)10-17)12-23-24-21(27)19-8-7-18(28-3)11-20(19)26/h4-12,26H,1-3H3,(H,24,27)/b23-12-. The number of benzene rings is 2. The molecule has 0 atom stereocenters. The van der Waals surface area contributed by atoms with Crippen LogP contribution in [0.3, 0.4) is 0 Å². The number of amides is 1. The number of carbonyl (C=O) groups excluding carboxylic acids is 1. The van der Waals surface area contributed by atoms with Crippen LogP contribution in [0.4, 0.5) is 0 Å². The van der Waals surface area contributed by atoms with Crippen molar-refractivity contribution in [3.63, 3.8) is 0 Å². The third-order valence-corrected chi connectivity index (χ3v) is 4.85. The molecule has 3 rings (SSSR count). The van der Waals surface area contributed by atoms with Gasteiger partial charge in [-0.15, -0.1) is 0 Å². The molecule has 2 aromatic carbocycles. The van der Waals surface area contributed by atoms with E-state index in [1.54, 1.807) is 12.3 Å². The molecule has 0 bridgehead atoms. The number of carbonyl (C=O) groups is 1. The molecule has 0 spiro atoms. The fourth-order valence-electron chi connectivity index (χ4n) is 2.98. The molecule has 0 fully saturated rings. The number of hydrogen-bond donors (Lipinski definition) is 2. The summed E-state index contributed by atoms with van der Waals surface area (Å²) in [5.74, 6) is -0.199. The quantitative estimate of drug-likeness (QED) is 0.456. The number of nitrogens with zero attached hydrogens (tertiary/aromatic N) is 2. The Labute approximate surface area is 171 Å². The van der Waals surface area contributed by atoms with Crippen LogP contribution in [-0.2, 0) is 0 Å². The van der Waals surface area contributed by atoms with Crippen molar-refractivity contribution in [1.82, 2.24) is 9.99 Å². The molecule has 28 heavy (non-hydrogen) atoms. The van der Waals surface area contributed by atoms with Gasteiger partial charge in [0.1, 0.15) is 11.5 Å². The number of phenolic OH excluding ortho intramolecular Hbond substituents is 1. The van der Waals surface area contributed by atoms with E-state index in [1.807, 2.05) is 44.2 Å². The minimum Gasteiger partial charge on any atom is -0.507 e. The summed E-state index contributed by atoms with van der Waals surface area (Å²) >= 11 is 3.49. The minimum atomic E-state index is -0.503. The normalized spacial score (nSPS) is 11.0. The number of halogens is 1. The molecule has 1 amide bonds. The van der Waals surface area contributed by atoms with Crippen molar-refractivity contribution in [3.05, 3.63) is 75.5 Å². The van der Waals surface area contributed by atoms with Crippen LogP contribution in [0.2, 0.25) is 0 Å². The molecule has 0 aliphatic heterocycles. The molecule has 0 aliphatic rings. The van der Waals surface area contributed by atoms with Crippen molar-refractivity contribution in [2.45, 2.75) is 13.8 Å². The van der Waals surface area contributed by atoms with Crippen LogP contribution in [0.5, 0.6) is 11.5 Å². The maximum atomic E-state index is 12.2. The van der Waals surface area contributed by atoms with Crippen molar-refractivity contribution in [2.24, 2.45) is 5.10 Å². The molecule has 0 saturated carbocycles. The Balaban J connectivity index is 1.78. The molecule has 6 nitrogen and oxygen atoms in total. The maximum Gasteiger partial charge on any atom is 0.275 e. The van der Waals surface area contributed by atoms with E-state index in [1.165, 1.54) is 19.2 Å². The van der Waals surface area contributed by atoms with Gasteiger partial charge in [-0.2, -0.15) is 5.10 Å². The van der Waals surface area contributed by atoms with Crippen LogP contribution in [0.15, 0.2) is 58.1 Å². The summed E-state index contributed by atoms with van der Waals surface area (Å²) in [4.78, 5) is 12.2. The topological polar surface area (TPSA) is 75.8 Å². The van der Waals surface area contributed by atoms with Gasteiger partial charge in [0.25, 0.3) is 5.91 Å². The highest BCUT2D eigenvalue weighted by molar-refractivity contribution is 9.10. The fourth-order valence-corrected chi connectivity index (χ4v) is 3.37. The summed E-state index contributed by atoms with van der Waals surface area (Å²) in [6.45, 7) is 4.01. The fraction of sp³-hybridized carbons (Fsp3) is 0.143. The van der Waals surface area contributed by atoms with Crippen LogP contribution < -0.4 is 10.2 Å². The summed E-state index contributed by atoms with van der Waals surface area (Å²) in [7, 11) is 1.49. The first-order valence-electron chi connectivity index (χ1n) is 8.56. The number of hydrogen-bond acceptors (Lipinski definition) is 4. The molecule has 0 unspecified atom stereocenters. The van der Waals surface area contributed by atoms with Crippen LogP contribution in [0.25, 0.3) is 5.69 Å². The van der Waals surface area contributed by atoms with Gasteiger partial charge >= 0.3 is 0 Å². The molecular weight excluding hydrogens is 422 g/mol. The van der Waals surface area contributed by atoms with Crippen molar-refractivity contribution in [2.75, 3.05) is 7.11 Å². The number of nitrogens with one attached hydrogen (secondary N) is 1. The second-order valence-corrected chi connectivity index (χ2v) is 7.14. The number of rotatable bonds is 5. The number of phenols is 1. The predicted molar refractivity (Wildman–Crippen MR) is 113 cm³/mol. The van der Waals surface area contributed by atoms with E-state index in [0.29, 0.717) is 5.75 Å². The van der Waals surface area contributed by atoms with E-state index >= 15 is 0 Å². The molecule has 1 heterocycles. The number of aromatic hydroxyl groups is 1. The van der Waals surface area contributed by atoms with Gasteiger partial charge in [-0.3, -0.25) is 4.79 Å². The lowest BCUT2D eigenvalue weighted by atomic mass is 10.2. The molecule has 144 valence electrons. The highest BCUT2D eigenvalue weighted by Crippen LogP contribution is 2.24. The zero-order valence-electron chi connectivity index (χ0n) is 15.7. The molecule has 0 radical (unpaired) electrons. The summed E-state index contributed by atoms with van der Waals surface area (Å²) < 4.78 is 8.13. The molecule has 0 saturated heterocycles. The summed E-state index contributed by atoms with van der Waals surface area (Å²) in [5, 5.41) is 14.0. The van der Waals surface area contributed by atoms with Crippen LogP contribution in [0, 0.1) is 13.8 Å². The van der Waals surface area contributed by atoms with E-state index < -0.39 is 5.91 Å². The largest absolute Gasteiger partial charge is 0.507 e. The van der Waals surface area contributed by atoms with Crippen molar-refractivity contribution < 1.29 is 14.6 Å². The van der Waals surface area contributed by atoms with Gasteiger partial charge in [0.15, 0.2) is 0 Å². The Morgan fingerprint density at radius 3 is 2.68 bits per heavy atom. The van der Waals surface area contributed by atoms with E-state index in [4.69, 9.17) is 4.74 Å². The Kier molecular flexibility index (Phi) is 5.84. The van der Waals surface area contributed by atoms with Gasteiger partial charge in [0.2, 0.25) is 0 Å². The first-order chi connectivity index (χ1) is 13.4. The minimum absolute atomic E-state index is 0.123. The average molecular weight is 442 g/mol. The van der Waals surface area contributed by atoms with Crippen molar-refractivity contribution in [1.29, 1.82) is 0 Å². The number of aromatic nitrogens is 1. The number of aryl methyl sites for hydroxylation is 1. The Bertz CT molecular complexity index is 1060. The smallest absolute Gasteiger partial charge is 0.275 e. The van der Waals surface area contributed by atoms with Crippen LogP contribution >= 0.6 is 15.9 Å². The molecular formula is C21H20BrN3O3. The van der Waals surface area contributed by atoms with Crippen LogP contribution in [-0.4, -0.2) is 28.9 Å². The van der Waals surface area contributed by atoms with E-state index in [0.717, 1.165) is 27.1 Å². The molecule has 3 aromatic rings. The molecule has 0 aliphatic carbocycles. The number of methoxy groups -OCH3 is 1. The molecule has 7 heteroatoms. The summed E-state index contributed by atoms with van der Waals surface area (Å²) in [5.41, 5.74) is 6.54. The third kappa shape index (κ3) is 4.09. The lowest BCUT2D eigenvalue weighted by Crippen LogP contribution is -2.17. The zero-order chi connectivity index (χ0) is 20.3. The zero-order valence-corrected chi connectivity index (χ0v) is 17.3. The highest BCUT2D eigenvalue weighted by atomic mass is 79.9. The van der Waals surface area contributed by atoms with E-state index in [2.05, 4.69) is 31.0 Å². The number of hydrazone groups is 1. The summed E-state index contributed by atoms with van der Waals surface area (Å²) in [6.07, 6.45) is 1.59. The highest BCUT2D eigenvalue weighted by Gasteiger charge is 2.12. The first-order valence-corrected chi connectivity index (χ1v) is 9.35. The lowest BCUT2D eigenvalue weighted by molar-refractivity contribution is 0.0952. The number of ether oxygens (including phenoxy) is 1. The molecule has 2 N–H and O–H groups in total. The Hall–Kier alpha value is -3.06. The third-order valence-electron chi connectivity index (χ3n) is 4.36. The van der Waals surface area contributed by atoms with Gasteiger partial charge in [-0.05, 0) is 50.2 Å². The van der Waals surface area contributed by atoms with Crippen molar-refractivity contribution in [3.8, 4) is 17.2 Å². The van der Waals surface area contributed by atoms with Gasteiger partial charge in [-0.25, -0.2) is 5.43 Å². The van der Waals surface area contributed by atoms with Gasteiger partial charge in [-0.1, -0.05) is 22.0 Å². The maximum absolute atomic E-state index is 12.2. The predicted octanol–water partition coefficient (Wildman–Crippen LogP) is 4.33. The van der Waals surface area contributed by atoms with Crippen LogP contribution in [0.1, 0.15) is 27.3 Å². The second-order valence-electron chi connectivity index (χ2n) is 6.22. The van der Waals surface area contributed by atoms with E-state index in [9.17, 15) is 9.90 Å². The van der Waals surface area contributed by atoms with Gasteiger partial charge in [0.05, 0.1) is 18.9 Å². The lowest BCUT2D eigenvalue weighted by Gasteiger charge is -2.09. The second kappa shape index (κ2) is 8.31. The summed E-state index contributed by atoms with van der Waals surface area (Å²) in [6, 6.07) is 14.5. The van der Waals surface area contributed by atoms with Gasteiger partial charge < -0.3 is 14.4 Å². The SMILES string of the molecule is COc1ccc(C(=O)N/N=C\c2cc(C)n(-c3cccc(Br)c3)c2C)c(O)c1. The average Bonchev–Trinajstić information content (AvgIpc) is 2.94. The molecule has 1 aromatic heterocycles. The van der Waals surface area contributed by atoms with Crippen molar-refractivity contribution >= 4 is 28.1 Å². The monoisotopic (exact) mass is 441 g/mol. The van der Waals surface area contributed by atoms with Gasteiger partial charge in [0, 0.05) is 33.2 Å². The Morgan fingerprint density at radius 1 is 1.21 bits per heavy atom.